The first-order valence-electron chi connectivity index (χ1n) is 7.07. The number of sulfonamides is 1. The van der Waals surface area contributed by atoms with Crippen LogP contribution in [0.2, 0.25) is 5.02 Å². The van der Waals surface area contributed by atoms with Gasteiger partial charge >= 0.3 is 0 Å². The molecule has 8 heteroatoms. The third-order valence-corrected chi connectivity index (χ3v) is 4.99. The van der Waals surface area contributed by atoms with Crippen molar-refractivity contribution in [2.24, 2.45) is 5.10 Å². The van der Waals surface area contributed by atoms with Crippen LogP contribution in [0.1, 0.15) is 32.1 Å². The van der Waals surface area contributed by atoms with Crippen molar-refractivity contribution >= 4 is 33.2 Å². The molecule has 1 aromatic carbocycles. The van der Waals surface area contributed by atoms with Crippen molar-refractivity contribution in [2.45, 2.75) is 37.0 Å². The van der Waals surface area contributed by atoms with Gasteiger partial charge < -0.3 is 0 Å². The van der Waals surface area contributed by atoms with E-state index in [1.807, 2.05) is 0 Å². The number of rotatable bonds is 5. The fourth-order valence-electron chi connectivity index (χ4n) is 2.11. The molecule has 0 saturated heterocycles. The summed E-state index contributed by atoms with van der Waals surface area (Å²) in [4.78, 5) is 11.7. The van der Waals surface area contributed by atoms with Crippen LogP contribution in [-0.4, -0.2) is 26.6 Å². The van der Waals surface area contributed by atoms with E-state index < -0.39 is 15.9 Å². The maximum Gasteiger partial charge on any atom is 0.255 e. The number of carbonyl (C=O) groups is 1. The lowest BCUT2D eigenvalue weighted by Gasteiger charge is -2.12. The third-order valence-electron chi connectivity index (χ3n) is 3.32. The van der Waals surface area contributed by atoms with Gasteiger partial charge in [0.1, 0.15) is 0 Å². The molecular formula is C14H18ClN3O3S. The van der Waals surface area contributed by atoms with E-state index in [0.29, 0.717) is 5.02 Å². The van der Waals surface area contributed by atoms with E-state index in [0.717, 1.165) is 31.4 Å². The van der Waals surface area contributed by atoms with Crippen molar-refractivity contribution in [1.29, 1.82) is 0 Å². The van der Waals surface area contributed by atoms with E-state index in [-0.39, 0.29) is 11.4 Å². The second-order valence-electron chi connectivity index (χ2n) is 5.05. The van der Waals surface area contributed by atoms with E-state index in [1.54, 1.807) is 0 Å². The summed E-state index contributed by atoms with van der Waals surface area (Å²) in [7, 11) is -3.73. The number of nitrogens with one attached hydrogen (secondary N) is 2. The minimum atomic E-state index is -3.73. The number of hydrazone groups is 1. The molecule has 0 heterocycles. The smallest absolute Gasteiger partial charge is 0.255 e. The maximum atomic E-state index is 12.0. The number of nitrogens with zero attached hydrogens (tertiary/aromatic N) is 1. The summed E-state index contributed by atoms with van der Waals surface area (Å²) in [6, 6.07) is 5.71. The lowest BCUT2D eigenvalue weighted by atomic mass is 9.99. The monoisotopic (exact) mass is 343 g/mol. The Morgan fingerprint density at radius 3 is 2.41 bits per heavy atom. The van der Waals surface area contributed by atoms with Crippen molar-refractivity contribution in [3.8, 4) is 0 Å². The third kappa shape index (κ3) is 5.08. The van der Waals surface area contributed by atoms with Crippen LogP contribution in [0.4, 0.5) is 0 Å². The molecule has 0 spiro atoms. The molecule has 22 heavy (non-hydrogen) atoms. The maximum absolute atomic E-state index is 12.0. The Bertz CT molecular complexity index is 648. The normalized spacial score (nSPS) is 15.4. The van der Waals surface area contributed by atoms with Crippen molar-refractivity contribution in [2.75, 3.05) is 6.54 Å². The summed E-state index contributed by atoms with van der Waals surface area (Å²) in [6.07, 6.45) is 5.12. The van der Waals surface area contributed by atoms with Crippen LogP contribution in [0.15, 0.2) is 34.3 Å². The van der Waals surface area contributed by atoms with E-state index in [2.05, 4.69) is 15.2 Å². The molecule has 1 amide bonds. The molecule has 6 nitrogen and oxygen atoms in total. The summed E-state index contributed by atoms with van der Waals surface area (Å²) in [6.45, 7) is -0.359. The molecule has 2 rings (SSSR count). The molecule has 1 fully saturated rings. The van der Waals surface area contributed by atoms with Gasteiger partial charge in [-0.1, -0.05) is 18.0 Å². The zero-order chi connectivity index (χ0) is 16.0. The summed E-state index contributed by atoms with van der Waals surface area (Å²) >= 11 is 5.71. The second-order valence-corrected chi connectivity index (χ2v) is 7.26. The van der Waals surface area contributed by atoms with Crippen LogP contribution in [0.3, 0.4) is 0 Å². The van der Waals surface area contributed by atoms with Crippen LogP contribution in [0.5, 0.6) is 0 Å². The van der Waals surface area contributed by atoms with E-state index in [4.69, 9.17) is 11.6 Å². The number of carbonyl (C=O) groups excluding carboxylic acids is 1. The van der Waals surface area contributed by atoms with Gasteiger partial charge in [0.05, 0.1) is 11.4 Å². The lowest BCUT2D eigenvalue weighted by Crippen LogP contribution is -2.35. The molecule has 0 unspecified atom stereocenters. The zero-order valence-electron chi connectivity index (χ0n) is 12.0. The van der Waals surface area contributed by atoms with Gasteiger partial charge in [-0.2, -0.15) is 5.10 Å². The Balaban J connectivity index is 1.86. The van der Waals surface area contributed by atoms with Gasteiger partial charge in [-0.05, 0) is 49.9 Å². The van der Waals surface area contributed by atoms with Crippen LogP contribution in [-0.2, 0) is 14.8 Å². The van der Waals surface area contributed by atoms with Gasteiger partial charge in [-0.25, -0.2) is 18.6 Å². The summed E-state index contributed by atoms with van der Waals surface area (Å²) in [5.74, 6) is -0.490. The molecule has 0 aromatic heterocycles. The highest BCUT2D eigenvalue weighted by Gasteiger charge is 2.15. The molecule has 1 aliphatic rings. The Kier molecular flexibility index (Phi) is 5.93. The van der Waals surface area contributed by atoms with Crippen LogP contribution in [0, 0.1) is 0 Å². The topological polar surface area (TPSA) is 87.6 Å². The van der Waals surface area contributed by atoms with Gasteiger partial charge in [-0.3, -0.25) is 4.79 Å². The summed E-state index contributed by atoms with van der Waals surface area (Å²) < 4.78 is 26.2. The second kappa shape index (κ2) is 7.71. The minimum Gasteiger partial charge on any atom is -0.272 e. The Labute approximate surface area is 135 Å². The first kappa shape index (κ1) is 16.9. The van der Waals surface area contributed by atoms with Crippen molar-refractivity contribution in [3.05, 3.63) is 29.3 Å². The fourth-order valence-corrected chi connectivity index (χ4v) is 3.22. The van der Waals surface area contributed by atoms with Gasteiger partial charge in [-0.15, -0.1) is 0 Å². The quantitative estimate of drug-likeness (QED) is 0.802. The van der Waals surface area contributed by atoms with Gasteiger partial charge in [0.15, 0.2) is 0 Å². The zero-order valence-corrected chi connectivity index (χ0v) is 13.6. The first-order chi connectivity index (χ1) is 10.5. The molecule has 0 radical (unpaired) electrons. The Morgan fingerprint density at radius 2 is 1.77 bits per heavy atom. The molecular weight excluding hydrogens is 326 g/mol. The van der Waals surface area contributed by atoms with Crippen molar-refractivity contribution < 1.29 is 13.2 Å². The first-order valence-corrected chi connectivity index (χ1v) is 8.93. The number of amides is 1. The number of benzene rings is 1. The van der Waals surface area contributed by atoms with E-state index in [1.165, 1.54) is 30.7 Å². The average molecular weight is 344 g/mol. The van der Waals surface area contributed by atoms with Gasteiger partial charge in [0, 0.05) is 10.7 Å². The Hall–Kier alpha value is -1.44. The number of hydrogen-bond donors (Lipinski definition) is 2. The molecule has 0 bridgehead atoms. The predicted molar refractivity (Wildman–Crippen MR) is 85.3 cm³/mol. The molecule has 0 aliphatic heterocycles. The number of hydrogen-bond acceptors (Lipinski definition) is 4. The minimum absolute atomic E-state index is 0.0586. The lowest BCUT2D eigenvalue weighted by molar-refractivity contribution is -0.119. The van der Waals surface area contributed by atoms with Crippen LogP contribution >= 0.6 is 11.6 Å². The van der Waals surface area contributed by atoms with Crippen LogP contribution in [0.25, 0.3) is 0 Å². The molecule has 1 aliphatic carbocycles. The highest BCUT2D eigenvalue weighted by Crippen LogP contribution is 2.14. The van der Waals surface area contributed by atoms with Crippen LogP contribution < -0.4 is 10.1 Å². The number of halogens is 1. The average Bonchev–Trinajstić information content (AvgIpc) is 2.52. The fraction of sp³-hybridized carbons (Fsp3) is 0.429. The van der Waals surface area contributed by atoms with Crippen molar-refractivity contribution in [3.63, 3.8) is 0 Å². The largest absolute Gasteiger partial charge is 0.272 e. The highest BCUT2D eigenvalue weighted by molar-refractivity contribution is 7.89. The molecule has 1 aromatic rings. The SMILES string of the molecule is O=C(CNS(=O)(=O)c1ccc(Cl)cc1)NN=C1CCCCC1. The Morgan fingerprint density at radius 1 is 1.14 bits per heavy atom. The molecule has 2 N–H and O–H groups in total. The van der Waals surface area contributed by atoms with Crippen molar-refractivity contribution in [1.82, 2.24) is 10.1 Å². The molecule has 0 atom stereocenters. The van der Waals surface area contributed by atoms with E-state index in [9.17, 15) is 13.2 Å². The molecule has 120 valence electrons. The summed E-state index contributed by atoms with van der Waals surface area (Å²) in [5, 5.41) is 4.48. The standard InChI is InChI=1S/C14H18ClN3O3S/c15-11-6-8-13(9-7-11)22(20,21)16-10-14(19)18-17-12-4-2-1-3-5-12/h6-9,16H,1-5,10H2,(H,18,19). The van der Waals surface area contributed by atoms with Gasteiger partial charge in [0.2, 0.25) is 10.0 Å². The highest BCUT2D eigenvalue weighted by atomic mass is 35.5. The molecule has 1 saturated carbocycles. The summed E-state index contributed by atoms with van der Waals surface area (Å²) in [5.41, 5.74) is 3.34. The van der Waals surface area contributed by atoms with E-state index >= 15 is 0 Å². The predicted octanol–water partition coefficient (Wildman–Crippen LogP) is 2.05. The van der Waals surface area contributed by atoms with Gasteiger partial charge in [0.25, 0.3) is 5.91 Å².